The molecule has 0 fully saturated rings. The molecule has 2 heterocycles. The molecule has 0 aliphatic carbocycles. The summed E-state index contributed by atoms with van der Waals surface area (Å²) in [7, 11) is -8.72. The van der Waals surface area contributed by atoms with Gasteiger partial charge in [-0.25, -0.2) is 22.0 Å². The van der Waals surface area contributed by atoms with Crippen molar-refractivity contribution >= 4 is 31.2 Å². The summed E-state index contributed by atoms with van der Waals surface area (Å²) in [5.74, 6) is -4.03. The number of hydrogen-bond donors (Lipinski definition) is 7. The van der Waals surface area contributed by atoms with Crippen molar-refractivity contribution in [3.8, 4) is 5.75 Å². The van der Waals surface area contributed by atoms with Gasteiger partial charge in [-0.3, -0.25) is 0 Å². The largest absolute Gasteiger partial charge is 0.505 e. The van der Waals surface area contributed by atoms with E-state index >= 15 is 0 Å². The number of hydrogen-bond acceptors (Lipinski definition) is 11. The standard InChI is InChI=1S/C9H14N2O9S3/c10-23(19,20)8-6(13)5-3(11-2-9(14,15)16)1-4(12)22(17,18)7(5)21-8/h3-4,11-16H,1-2H2,(H2,10,19,20). The Hall–Kier alpha value is -0.840. The topological polar surface area (TPSA) is 207 Å². The van der Waals surface area contributed by atoms with E-state index in [4.69, 9.17) is 20.5 Å². The summed E-state index contributed by atoms with van der Waals surface area (Å²) in [5.41, 5.74) is -2.28. The molecule has 1 aliphatic heterocycles. The fraction of sp³-hybridized carbons (Fsp3) is 0.556. The van der Waals surface area contributed by atoms with Crippen molar-refractivity contribution in [1.82, 2.24) is 5.32 Å². The molecule has 2 unspecified atom stereocenters. The number of fused-ring (bicyclic) bond motifs is 1. The van der Waals surface area contributed by atoms with Crippen LogP contribution >= 0.6 is 11.3 Å². The van der Waals surface area contributed by atoms with Gasteiger partial charge in [0, 0.05) is 18.0 Å². The Morgan fingerprint density at radius 3 is 2.39 bits per heavy atom. The maximum absolute atomic E-state index is 12.1. The van der Waals surface area contributed by atoms with E-state index in [0.29, 0.717) is 0 Å². The third-order valence-corrected chi connectivity index (χ3v) is 8.13. The highest BCUT2D eigenvalue weighted by Crippen LogP contribution is 2.48. The predicted molar refractivity (Wildman–Crippen MR) is 75.3 cm³/mol. The van der Waals surface area contributed by atoms with Crippen LogP contribution in [0.3, 0.4) is 0 Å². The van der Waals surface area contributed by atoms with Crippen LogP contribution in [0.2, 0.25) is 0 Å². The van der Waals surface area contributed by atoms with Crippen molar-refractivity contribution in [2.45, 2.75) is 32.3 Å². The Labute approximate surface area is 134 Å². The molecule has 14 heteroatoms. The third kappa shape index (κ3) is 3.49. The van der Waals surface area contributed by atoms with E-state index in [9.17, 15) is 27.0 Å². The van der Waals surface area contributed by atoms with Crippen LogP contribution in [0.1, 0.15) is 18.0 Å². The molecule has 2 rings (SSSR count). The van der Waals surface area contributed by atoms with Gasteiger partial charge in [0.25, 0.3) is 16.0 Å². The highest BCUT2D eigenvalue weighted by Gasteiger charge is 2.44. The summed E-state index contributed by atoms with van der Waals surface area (Å²) in [5, 5.41) is 53.5. The molecule has 1 aliphatic rings. The monoisotopic (exact) mass is 390 g/mol. The van der Waals surface area contributed by atoms with Crippen LogP contribution < -0.4 is 10.5 Å². The van der Waals surface area contributed by atoms with Crippen LogP contribution in [-0.4, -0.2) is 60.3 Å². The Bertz CT molecular complexity index is 821. The maximum Gasteiger partial charge on any atom is 0.288 e. The van der Waals surface area contributed by atoms with Gasteiger partial charge >= 0.3 is 0 Å². The van der Waals surface area contributed by atoms with Crippen molar-refractivity contribution in [3.05, 3.63) is 5.56 Å². The van der Waals surface area contributed by atoms with Crippen LogP contribution in [-0.2, 0) is 19.9 Å². The molecule has 1 aromatic heterocycles. The fourth-order valence-corrected chi connectivity index (χ4v) is 6.38. The molecular formula is C9H14N2O9S3. The Morgan fingerprint density at radius 2 is 1.91 bits per heavy atom. The maximum atomic E-state index is 12.1. The van der Waals surface area contributed by atoms with Gasteiger partial charge in [-0.1, -0.05) is 0 Å². The SMILES string of the molecule is NS(=O)(=O)c1sc2c(c1O)C(NCC(O)(O)O)CC(O)S2(=O)=O. The highest BCUT2D eigenvalue weighted by molar-refractivity contribution is 7.95. The number of thiophene rings is 1. The number of sulfone groups is 1. The molecule has 11 nitrogen and oxygen atoms in total. The highest BCUT2D eigenvalue weighted by atomic mass is 32.3. The number of nitrogens with one attached hydrogen (secondary N) is 1. The van der Waals surface area contributed by atoms with Crippen LogP contribution in [0, 0.1) is 0 Å². The molecule has 0 amide bonds. The quantitative estimate of drug-likeness (QED) is 0.257. The normalized spacial score (nSPS) is 24.4. The second-order valence-electron chi connectivity index (χ2n) is 4.93. The molecule has 0 saturated carbocycles. The number of nitrogens with two attached hydrogens (primary N) is 1. The molecule has 0 aromatic carbocycles. The lowest BCUT2D eigenvalue weighted by molar-refractivity contribution is -0.307. The summed E-state index contributed by atoms with van der Waals surface area (Å²) in [4.78, 5) is 0. The first kappa shape index (κ1) is 18.5. The smallest absolute Gasteiger partial charge is 0.288 e. The first-order valence-corrected chi connectivity index (χ1v) is 9.87. The van der Waals surface area contributed by atoms with Crippen LogP contribution in [0.25, 0.3) is 0 Å². The summed E-state index contributed by atoms with van der Waals surface area (Å²) in [6, 6.07) is -1.17. The fourth-order valence-electron chi connectivity index (χ4n) is 2.12. The van der Waals surface area contributed by atoms with Gasteiger partial charge in [-0.2, -0.15) is 0 Å². The van der Waals surface area contributed by atoms with Gasteiger partial charge < -0.3 is 30.8 Å². The van der Waals surface area contributed by atoms with E-state index < -0.39 is 64.4 Å². The van der Waals surface area contributed by atoms with Crippen molar-refractivity contribution in [3.63, 3.8) is 0 Å². The Balaban J connectivity index is 2.59. The first-order valence-electron chi connectivity index (χ1n) is 5.96. The van der Waals surface area contributed by atoms with E-state index in [0.717, 1.165) is 0 Å². The summed E-state index contributed by atoms with van der Waals surface area (Å²) < 4.78 is 45.6. The zero-order valence-electron chi connectivity index (χ0n) is 11.2. The molecule has 0 radical (unpaired) electrons. The van der Waals surface area contributed by atoms with Crippen molar-refractivity contribution in [2.24, 2.45) is 5.14 Å². The van der Waals surface area contributed by atoms with E-state index in [2.05, 4.69) is 5.32 Å². The zero-order chi connectivity index (χ0) is 17.8. The number of sulfonamides is 1. The summed E-state index contributed by atoms with van der Waals surface area (Å²) in [6.45, 7) is -0.857. The van der Waals surface area contributed by atoms with Crippen molar-refractivity contribution in [2.75, 3.05) is 6.54 Å². The number of rotatable bonds is 4. The molecule has 8 N–H and O–H groups in total. The number of aromatic hydroxyl groups is 1. The van der Waals surface area contributed by atoms with Crippen LogP contribution in [0.4, 0.5) is 0 Å². The number of aliphatic hydroxyl groups excluding tert-OH is 1. The van der Waals surface area contributed by atoms with Gasteiger partial charge in [0.2, 0.25) is 9.84 Å². The summed E-state index contributed by atoms with van der Waals surface area (Å²) in [6.07, 6.45) is -0.514. The van der Waals surface area contributed by atoms with E-state index in [-0.39, 0.29) is 16.9 Å². The van der Waals surface area contributed by atoms with Gasteiger partial charge in [0.1, 0.15) is 4.21 Å². The molecule has 23 heavy (non-hydrogen) atoms. The van der Waals surface area contributed by atoms with Crippen LogP contribution in [0.15, 0.2) is 8.42 Å². The number of primary sulfonamides is 1. The molecule has 0 saturated heterocycles. The second-order valence-corrected chi connectivity index (χ2v) is 10.0. The zero-order valence-corrected chi connectivity index (χ0v) is 13.7. The second kappa shape index (κ2) is 5.61. The minimum atomic E-state index is -4.42. The minimum Gasteiger partial charge on any atom is -0.505 e. The minimum absolute atomic E-state index is 0.178. The molecule has 132 valence electrons. The lowest BCUT2D eigenvalue weighted by atomic mass is 10.1. The molecule has 0 bridgehead atoms. The molecule has 0 spiro atoms. The first-order chi connectivity index (χ1) is 10.2. The van der Waals surface area contributed by atoms with Gasteiger partial charge in [0.15, 0.2) is 15.4 Å². The van der Waals surface area contributed by atoms with Gasteiger partial charge in [-0.15, -0.1) is 11.3 Å². The van der Waals surface area contributed by atoms with Crippen LogP contribution in [0.5, 0.6) is 5.75 Å². The molecular weight excluding hydrogens is 376 g/mol. The average molecular weight is 390 g/mol. The lowest BCUT2D eigenvalue weighted by Crippen LogP contribution is -2.44. The van der Waals surface area contributed by atoms with Gasteiger partial charge in [0.05, 0.1) is 6.54 Å². The summed E-state index contributed by atoms with van der Waals surface area (Å²) >= 11 is 0.178. The van der Waals surface area contributed by atoms with E-state index in [1.54, 1.807) is 0 Å². The Morgan fingerprint density at radius 1 is 1.35 bits per heavy atom. The average Bonchev–Trinajstić information content (AvgIpc) is 2.70. The lowest BCUT2D eigenvalue weighted by Gasteiger charge is -2.28. The van der Waals surface area contributed by atoms with Gasteiger partial charge in [-0.05, 0) is 0 Å². The third-order valence-electron chi connectivity index (χ3n) is 3.10. The molecule has 1 aromatic rings. The van der Waals surface area contributed by atoms with Crippen molar-refractivity contribution in [1.29, 1.82) is 0 Å². The Kier molecular flexibility index (Phi) is 4.51. The van der Waals surface area contributed by atoms with E-state index in [1.165, 1.54) is 0 Å². The molecule has 2 atom stereocenters. The predicted octanol–water partition coefficient (Wildman–Crippen LogP) is -3.14. The number of aliphatic hydroxyl groups is 4. The van der Waals surface area contributed by atoms with E-state index in [1.807, 2.05) is 0 Å². The van der Waals surface area contributed by atoms with Crippen molar-refractivity contribution < 1.29 is 42.4 Å².